The topological polar surface area (TPSA) is 89.5 Å². The number of pyridine rings is 1. The van der Waals surface area contributed by atoms with Gasteiger partial charge < -0.3 is 14.8 Å². The Labute approximate surface area is 151 Å². The number of urea groups is 1. The zero-order valence-corrected chi connectivity index (χ0v) is 14.5. The summed E-state index contributed by atoms with van der Waals surface area (Å²) in [5.74, 6) is 0.762. The molecule has 7 heteroatoms. The minimum absolute atomic E-state index is 0.130. The van der Waals surface area contributed by atoms with Crippen LogP contribution >= 0.6 is 0 Å². The molecule has 1 aromatic heterocycles. The molecular weight excluding hydrogens is 334 g/mol. The van der Waals surface area contributed by atoms with Gasteiger partial charge >= 0.3 is 12.0 Å². The van der Waals surface area contributed by atoms with Gasteiger partial charge in [-0.2, -0.15) is 0 Å². The second-order valence-corrected chi connectivity index (χ2v) is 6.08. The standard InChI is InChI=1S/C19H19N3O4/c1-13(23)25-12-19(2)9-8-14-11-15(6-7-16(14)26-19)21-18(24)22-17-5-3-4-10-20-17/h3-11H,12H2,1-2H3,(H2,20,21,22,24). The minimum atomic E-state index is -0.718. The number of esters is 1. The molecule has 26 heavy (non-hydrogen) atoms. The number of hydrogen-bond acceptors (Lipinski definition) is 5. The summed E-state index contributed by atoms with van der Waals surface area (Å²) in [4.78, 5) is 27.1. The van der Waals surface area contributed by atoms with Crippen LogP contribution in [0.4, 0.5) is 16.3 Å². The third-order valence-corrected chi connectivity index (χ3v) is 3.69. The number of anilines is 2. The Morgan fingerprint density at radius 2 is 2.08 bits per heavy atom. The van der Waals surface area contributed by atoms with E-state index in [1.54, 1.807) is 42.6 Å². The molecule has 0 fully saturated rings. The van der Waals surface area contributed by atoms with Gasteiger partial charge in [0.05, 0.1) is 0 Å². The first-order chi connectivity index (χ1) is 12.4. The normalized spacial score (nSPS) is 17.6. The van der Waals surface area contributed by atoms with Crippen molar-refractivity contribution in [1.82, 2.24) is 4.98 Å². The maximum Gasteiger partial charge on any atom is 0.324 e. The maximum absolute atomic E-state index is 12.0. The van der Waals surface area contributed by atoms with Gasteiger partial charge in [-0.25, -0.2) is 9.78 Å². The quantitative estimate of drug-likeness (QED) is 0.822. The summed E-state index contributed by atoms with van der Waals surface area (Å²) >= 11 is 0. The lowest BCUT2D eigenvalue weighted by molar-refractivity contribution is -0.145. The molecule has 3 rings (SSSR count). The molecule has 1 atom stereocenters. The van der Waals surface area contributed by atoms with Gasteiger partial charge in [0.1, 0.15) is 18.2 Å². The SMILES string of the molecule is CC(=O)OCC1(C)C=Cc2cc(NC(=O)Nc3ccccn3)ccc2O1. The van der Waals surface area contributed by atoms with Crippen LogP contribution in [0.25, 0.3) is 6.08 Å². The molecule has 2 aromatic rings. The van der Waals surface area contributed by atoms with Gasteiger partial charge in [-0.3, -0.25) is 10.1 Å². The van der Waals surface area contributed by atoms with E-state index in [-0.39, 0.29) is 18.6 Å². The molecule has 1 aliphatic rings. The summed E-state index contributed by atoms with van der Waals surface area (Å²) in [6, 6.07) is 10.2. The van der Waals surface area contributed by atoms with E-state index in [0.29, 0.717) is 17.3 Å². The molecule has 2 N–H and O–H groups in total. The van der Waals surface area contributed by atoms with Crippen molar-refractivity contribution in [3.05, 3.63) is 54.2 Å². The van der Waals surface area contributed by atoms with E-state index in [1.807, 2.05) is 19.1 Å². The molecule has 1 unspecified atom stereocenters. The molecule has 2 amide bonds. The number of benzene rings is 1. The molecule has 7 nitrogen and oxygen atoms in total. The lowest BCUT2D eigenvalue weighted by Crippen LogP contribution is -2.37. The van der Waals surface area contributed by atoms with Crippen LogP contribution in [0.5, 0.6) is 5.75 Å². The molecule has 0 saturated heterocycles. The lowest BCUT2D eigenvalue weighted by atomic mass is 10.0. The molecule has 0 radical (unpaired) electrons. The molecule has 0 aliphatic carbocycles. The van der Waals surface area contributed by atoms with Crippen molar-refractivity contribution in [3.63, 3.8) is 0 Å². The highest BCUT2D eigenvalue weighted by Gasteiger charge is 2.29. The van der Waals surface area contributed by atoms with Crippen LogP contribution in [0.15, 0.2) is 48.7 Å². The number of aromatic nitrogens is 1. The van der Waals surface area contributed by atoms with Gasteiger partial charge in [0.25, 0.3) is 0 Å². The summed E-state index contributed by atoms with van der Waals surface area (Å²) in [5, 5.41) is 5.40. The van der Waals surface area contributed by atoms with E-state index >= 15 is 0 Å². The molecule has 134 valence electrons. The first-order valence-corrected chi connectivity index (χ1v) is 8.08. The van der Waals surface area contributed by atoms with Gasteiger partial charge in [0, 0.05) is 24.4 Å². The fourth-order valence-electron chi connectivity index (χ4n) is 2.44. The van der Waals surface area contributed by atoms with Gasteiger partial charge in [-0.1, -0.05) is 12.1 Å². The second-order valence-electron chi connectivity index (χ2n) is 6.08. The Hall–Kier alpha value is -3.35. The molecule has 0 spiro atoms. The van der Waals surface area contributed by atoms with Gasteiger partial charge in [-0.15, -0.1) is 0 Å². The predicted molar refractivity (Wildman–Crippen MR) is 98.0 cm³/mol. The number of amides is 2. The van der Waals surface area contributed by atoms with E-state index in [2.05, 4.69) is 15.6 Å². The van der Waals surface area contributed by atoms with Crippen LogP contribution < -0.4 is 15.4 Å². The average Bonchev–Trinajstić information content (AvgIpc) is 2.61. The van der Waals surface area contributed by atoms with Crippen molar-refractivity contribution in [2.45, 2.75) is 19.4 Å². The van der Waals surface area contributed by atoms with Crippen molar-refractivity contribution < 1.29 is 19.1 Å². The summed E-state index contributed by atoms with van der Waals surface area (Å²) < 4.78 is 11.0. The smallest absolute Gasteiger partial charge is 0.324 e. The van der Waals surface area contributed by atoms with Crippen LogP contribution in [-0.2, 0) is 9.53 Å². The van der Waals surface area contributed by atoms with Crippen molar-refractivity contribution in [2.75, 3.05) is 17.2 Å². The fraction of sp³-hybridized carbons (Fsp3) is 0.211. The van der Waals surface area contributed by atoms with E-state index in [9.17, 15) is 9.59 Å². The number of nitrogens with zero attached hydrogens (tertiary/aromatic N) is 1. The maximum atomic E-state index is 12.0. The number of fused-ring (bicyclic) bond motifs is 1. The highest BCUT2D eigenvalue weighted by atomic mass is 16.6. The lowest BCUT2D eigenvalue weighted by Gasteiger charge is -2.31. The van der Waals surface area contributed by atoms with E-state index in [1.165, 1.54) is 6.92 Å². The van der Waals surface area contributed by atoms with Crippen molar-refractivity contribution >= 4 is 29.6 Å². The number of hydrogen-bond donors (Lipinski definition) is 2. The van der Waals surface area contributed by atoms with E-state index in [0.717, 1.165) is 5.56 Å². The largest absolute Gasteiger partial charge is 0.479 e. The van der Waals surface area contributed by atoms with E-state index < -0.39 is 5.60 Å². The first kappa shape index (κ1) is 17.5. The average molecular weight is 353 g/mol. The molecule has 0 saturated carbocycles. The van der Waals surface area contributed by atoms with Crippen LogP contribution in [0, 0.1) is 0 Å². The summed E-state index contributed by atoms with van der Waals surface area (Å²) in [6.07, 6.45) is 5.31. The van der Waals surface area contributed by atoms with Crippen molar-refractivity contribution in [1.29, 1.82) is 0 Å². The Balaban J connectivity index is 1.66. The number of carbonyl (C=O) groups excluding carboxylic acids is 2. The molecule has 2 heterocycles. The third kappa shape index (κ3) is 4.38. The molecule has 0 bridgehead atoms. The summed E-state index contributed by atoms with van der Waals surface area (Å²) in [6.45, 7) is 3.32. The highest BCUT2D eigenvalue weighted by Crippen LogP contribution is 2.33. The monoisotopic (exact) mass is 353 g/mol. The van der Waals surface area contributed by atoms with Gasteiger partial charge in [-0.05, 0) is 43.3 Å². The Morgan fingerprint density at radius 1 is 1.23 bits per heavy atom. The van der Waals surface area contributed by atoms with Gasteiger partial charge in [0.2, 0.25) is 0 Å². The zero-order valence-electron chi connectivity index (χ0n) is 14.5. The fourth-order valence-corrected chi connectivity index (χ4v) is 2.44. The van der Waals surface area contributed by atoms with Crippen LogP contribution in [0.3, 0.4) is 0 Å². The Kier molecular flexibility index (Phi) is 4.88. The minimum Gasteiger partial charge on any atom is -0.479 e. The third-order valence-electron chi connectivity index (χ3n) is 3.69. The van der Waals surface area contributed by atoms with Crippen LogP contribution in [0.1, 0.15) is 19.4 Å². The highest BCUT2D eigenvalue weighted by molar-refractivity contribution is 5.99. The van der Waals surface area contributed by atoms with Crippen molar-refractivity contribution in [3.8, 4) is 5.75 Å². The number of carbonyl (C=O) groups is 2. The van der Waals surface area contributed by atoms with Crippen LogP contribution in [0.2, 0.25) is 0 Å². The second kappa shape index (κ2) is 7.26. The number of nitrogens with one attached hydrogen (secondary N) is 2. The number of ether oxygens (including phenoxy) is 2. The van der Waals surface area contributed by atoms with E-state index in [4.69, 9.17) is 9.47 Å². The molecular formula is C19H19N3O4. The van der Waals surface area contributed by atoms with Crippen LogP contribution in [-0.4, -0.2) is 29.2 Å². The summed E-state index contributed by atoms with van der Waals surface area (Å²) in [5.41, 5.74) is 0.721. The molecule has 1 aromatic carbocycles. The Bertz CT molecular complexity index is 851. The predicted octanol–water partition coefficient (Wildman–Crippen LogP) is 3.45. The number of rotatable bonds is 4. The zero-order chi connectivity index (χ0) is 18.6. The summed E-state index contributed by atoms with van der Waals surface area (Å²) in [7, 11) is 0. The van der Waals surface area contributed by atoms with Gasteiger partial charge in [0.15, 0.2) is 5.60 Å². The molecule has 1 aliphatic heterocycles. The Morgan fingerprint density at radius 3 is 2.81 bits per heavy atom. The van der Waals surface area contributed by atoms with Crippen molar-refractivity contribution in [2.24, 2.45) is 0 Å². The first-order valence-electron chi connectivity index (χ1n) is 8.08.